The van der Waals surface area contributed by atoms with Crippen molar-refractivity contribution in [2.75, 3.05) is 30.7 Å². The second kappa shape index (κ2) is 5.29. The summed E-state index contributed by atoms with van der Waals surface area (Å²) >= 11 is 0. The molecule has 5 heteroatoms. The topological polar surface area (TPSA) is 86.2 Å². The van der Waals surface area contributed by atoms with Crippen molar-refractivity contribution in [2.45, 2.75) is 6.92 Å². The van der Waals surface area contributed by atoms with Gasteiger partial charge in [-0.25, -0.2) is 0 Å². The molecule has 0 saturated heterocycles. The fourth-order valence-electron chi connectivity index (χ4n) is 1.00. The molecule has 78 valence electrons. The van der Waals surface area contributed by atoms with Crippen molar-refractivity contribution in [1.82, 2.24) is 4.98 Å². The van der Waals surface area contributed by atoms with E-state index in [9.17, 15) is 0 Å². The zero-order valence-electron chi connectivity index (χ0n) is 8.29. The number of nitrogens with one attached hydrogen (secondary N) is 1. The molecule has 0 bridgehead atoms. The van der Waals surface area contributed by atoms with Gasteiger partial charge in [0.05, 0.1) is 12.3 Å². The molecule has 0 aliphatic heterocycles. The van der Waals surface area contributed by atoms with E-state index in [2.05, 4.69) is 10.3 Å². The first kappa shape index (κ1) is 10.6. The maximum absolute atomic E-state index is 5.66. The Morgan fingerprint density at radius 2 is 2.29 bits per heavy atom. The van der Waals surface area contributed by atoms with Crippen LogP contribution in [0.2, 0.25) is 0 Å². The molecule has 1 aromatic rings. The Morgan fingerprint density at radius 3 is 2.93 bits per heavy atom. The summed E-state index contributed by atoms with van der Waals surface area (Å²) in [5.74, 6) is 1.20. The highest BCUT2D eigenvalue weighted by molar-refractivity contribution is 5.53. The standard InChI is InChI=1S/C9H16N4O/c1-2-14-9-7(11)3-4-8(13-9)12-6-5-10/h3-4H,2,5-6,10-11H2,1H3,(H,12,13). The fraction of sp³-hybridized carbons (Fsp3) is 0.444. The average molecular weight is 196 g/mol. The van der Waals surface area contributed by atoms with Crippen molar-refractivity contribution in [1.29, 1.82) is 0 Å². The molecule has 1 rings (SSSR count). The van der Waals surface area contributed by atoms with Gasteiger partial charge in [0.2, 0.25) is 5.88 Å². The average Bonchev–Trinajstić information content (AvgIpc) is 2.19. The van der Waals surface area contributed by atoms with E-state index < -0.39 is 0 Å². The van der Waals surface area contributed by atoms with Crippen LogP contribution >= 0.6 is 0 Å². The number of rotatable bonds is 5. The predicted molar refractivity (Wildman–Crippen MR) is 57.4 cm³/mol. The van der Waals surface area contributed by atoms with Crippen LogP contribution in [0.3, 0.4) is 0 Å². The maximum Gasteiger partial charge on any atom is 0.239 e. The number of hydrogen-bond acceptors (Lipinski definition) is 5. The molecule has 5 N–H and O–H groups in total. The van der Waals surface area contributed by atoms with E-state index in [0.717, 1.165) is 5.82 Å². The van der Waals surface area contributed by atoms with Crippen LogP contribution in [0.5, 0.6) is 5.88 Å². The van der Waals surface area contributed by atoms with Gasteiger partial charge in [0.1, 0.15) is 5.82 Å². The third-order valence-corrected chi connectivity index (χ3v) is 1.62. The highest BCUT2D eigenvalue weighted by Crippen LogP contribution is 2.20. The van der Waals surface area contributed by atoms with Crippen molar-refractivity contribution < 1.29 is 4.74 Å². The van der Waals surface area contributed by atoms with Crippen LogP contribution in [0.4, 0.5) is 11.5 Å². The van der Waals surface area contributed by atoms with Gasteiger partial charge in [-0.15, -0.1) is 0 Å². The van der Waals surface area contributed by atoms with Gasteiger partial charge in [0.25, 0.3) is 0 Å². The SMILES string of the molecule is CCOc1nc(NCCN)ccc1N. The van der Waals surface area contributed by atoms with E-state index >= 15 is 0 Å². The molecule has 0 spiro atoms. The van der Waals surface area contributed by atoms with E-state index in [1.165, 1.54) is 0 Å². The Labute approximate surface area is 83.5 Å². The van der Waals surface area contributed by atoms with Crippen molar-refractivity contribution in [3.63, 3.8) is 0 Å². The van der Waals surface area contributed by atoms with Crippen molar-refractivity contribution in [3.8, 4) is 5.88 Å². The summed E-state index contributed by atoms with van der Waals surface area (Å²) in [5.41, 5.74) is 11.6. The van der Waals surface area contributed by atoms with Crippen LogP contribution in [-0.4, -0.2) is 24.7 Å². The Bertz CT molecular complexity index is 290. The monoisotopic (exact) mass is 196 g/mol. The van der Waals surface area contributed by atoms with Crippen molar-refractivity contribution in [2.24, 2.45) is 5.73 Å². The summed E-state index contributed by atoms with van der Waals surface area (Å²) in [5, 5.41) is 3.05. The zero-order chi connectivity index (χ0) is 10.4. The summed E-state index contributed by atoms with van der Waals surface area (Å²) in [4.78, 5) is 4.19. The highest BCUT2D eigenvalue weighted by Gasteiger charge is 2.02. The number of nitrogens with zero attached hydrogens (tertiary/aromatic N) is 1. The predicted octanol–water partition coefficient (Wildman–Crippen LogP) is 0.433. The Morgan fingerprint density at radius 1 is 1.50 bits per heavy atom. The van der Waals surface area contributed by atoms with Gasteiger partial charge in [-0.3, -0.25) is 0 Å². The molecule has 0 saturated carbocycles. The second-order valence-corrected chi connectivity index (χ2v) is 2.74. The molecule has 0 aromatic carbocycles. The van der Waals surface area contributed by atoms with Gasteiger partial charge in [0.15, 0.2) is 0 Å². The summed E-state index contributed by atoms with van der Waals surface area (Å²) < 4.78 is 5.25. The molecule has 0 radical (unpaired) electrons. The first-order valence-electron chi connectivity index (χ1n) is 4.61. The lowest BCUT2D eigenvalue weighted by atomic mass is 10.4. The Hall–Kier alpha value is -1.49. The van der Waals surface area contributed by atoms with E-state index in [1.807, 2.05) is 6.92 Å². The van der Waals surface area contributed by atoms with Gasteiger partial charge in [-0.2, -0.15) is 4.98 Å². The molecule has 0 fully saturated rings. The maximum atomic E-state index is 5.66. The van der Waals surface area contributed by atoms with Crippen LogP contribution in [-0.2, 0) is 0 Å². The Balaban J connectivity index is 2.72. The van der Waals surface area contributed by atoms with Gasteiger partial charge in [-0.1, -0.05) is 0 Å². The number of nitrogen functional groups attached to an aromatic ring is 1. The third-order valence-electron chi connectivity index (χ3n) is 1.62. The second-order valence-electron chi connectivity index (χ2n) is 2.74. The lowest BCUT2D eigenvalue weighted by Crippen LogP contribution is -2.14. The number of nitrogens with two attached hydrogens (primary N) is 2. The number of ether oxygens (including phenoxy) is 1. The molecule has 0 unspecified atom stereocenters. The minimum absolute atomic E-state index is 0.467. The van der Waals surface area contributed by atoms with Crippen LogP contribution < -0.4 is 21.5 Å². The molecule has 0 atom stereocenters. The molecular weight excluding hydrogens is 180 g/mol. The van der Waals surface area contributed by atoms with Crippen LogP contribution in [0.1, 0.15) is 6.92 Å². The zero-order valence-corrected chi connectivity index (χ0v) is 8.29. The van der Waals surface area contributed by atoms with Gasteiger partial charge < -0.3 is 21.5 Å². The number of anilines is 2. The lowest BCUT2D eigenvalue weighted by Gasteiger charge is -2.08. The van der Waals surface area contributed by atoms with Crippen LogP contribution in [0, 0.1) is 0 Å². The molecule has 14 heavy (non-hydrogen) atoms. The van der Waals surface area contributed by atoms with Gasteiger partial charge in [-0.05, 0) is 19.1 Å². The first-order valence-corrected chi connectivity index (χ1v) is 4.61. The number of aromatic nitrogens is 1. The molecule has 0 aliphatic carbocycles. The van der Waals surface area contributed by atoms with Crippen LogP contribution in [0.15, 0.2) is 12.1 Å². The smallest absolute Gasteiger partial charge is 0.239 e. The minimum atomic E-state index is 0.467. The van der Waals surface area contributed by atoms with E-state index in [0.29, 0.717) is 31.3 Å². The third kappa shape index (κ3) is 2.77. The first-order chi connectivity index (χ1) is 6.77. The lowest BCUT2D eigenvalue weighted by molar-refractivity contribution is 0.329. The summed E-state index contributed by atoms with van der Waals surface area (Å²) in [6.07, 6.45) is 0. The largest absolute Gasteiger partial charge is 0.476 e. The molecule has 1 aromatic heterocycles. The van der Waals surface area contributed by atoms with Gasteiger partial charge in [0, 0.05) is 13.1 Å². The minimum Gasteiger partial charge on any atom is -0.476 e. The molecule has 0 aliphatic rings. The van der Waals surface area contributed by atoms with Gasteiger partial charge >= 0.3 is 0 Å². The Kier molecular flexibility index (Phi) is 4.00. The van der Waals surface area contributed by atoms with E-state index in [4.69, 9.17) is 16.2 Å². The van der Waals surface area contributed by atoms with E-state index in [-0.39, 0.29) is 0 Å². The molecule has 1 heterocycles. The summed E-state index contributed by atoms with van der Waals surface area (Å²) in [7, 11) is 0. The highest BCUT2D eigenvalue weighted by atomic mass is 16.5. The normalized spacial score (nSPS) is 9.86. The summed E-state index contributed by atoms with van der Waals surface area (Å²) in [6.45, 7) is 3.69. The molecule has 5 nitrogen and oxygen atoms in total. The van der Waals surface area contributed by atoms with Crippen molar-refractivity contribution in [3.05, 3.63) is 12.1 Å². The molecular formula is C9H16N4O. The van der Waals surface area contributed by atoms with Crippen LogP contribution in [0.25, 0.3) is 0 Å². The van der Waals surface area contributed by atoms with Crippen molar-refractivity contribution >= 4 is 11.5 Å². The quantitative estimate of drug-likeness (QED) is 0.636. The molecule has 0 amide bonds. The van der Waals surface area contributed by atoms with E-state index in [1.54, 1.807) is 12.1 Å². The fourth-order valence-corrected chi connectivity index (χ4v) is 1.00. The number of pyridine rings is 1. The summed E-state index contributed by atoms with van der Waals surface area (Å²) in [6, 6.07) is 3.56. The number of hydrogen-bond donors (Lipinski definition) is 3.